The predicted molar refractivity (Wildman–Crippen MR) is 126 cm³/mol. The highest BCUT2D eigenvalue weighted by Gasteiger charge is 2.58. The minimum absolute atomic E-state index is 0.131. The minimum Gasteiger partial charge on any atom is -0.497 e. The van der Waals surface area contributed by atoms with E-state index < -0.39 is 5.41 Å². The second kappa shape index (κ2) is 8.83. The number of fused-ring (bicyclic) bond motifs is 5. The number of hydrogen-bond acceptors (Lipinski definition) is 4. The molecule has 4 rings (SSSR count). The molecule has 0 bridgehead atoms. The lowest BCUT2D eigenvalue weighted by Gasteiger charge is -2.50. The Morgan fingerprint density at radius 2 is 1.97 bits per heavy atom. The number of esters is 1. The second-order valence-corrected chi connectivity index (χ2v) is 11.6. The first kappa shape index (κ1) is 23.3. The van der Waals surface area contributed by atoms with Crippen molar-refractivity contribution in [2.75, 3.05) is 13.7 Å². The first-order chi connectivity index (χ1) is 15.1. The zero-order chi connectivity index (χ0) is 23.1. The molecule has 176 valence electrons. The van der Waals surface area contributed by atoms with E-state index in [0.29, 0.717) is 36.1 Å². The summed E-state index contributed by atoms with van der Waals surface area (Å²) < 4.78 is 10.9. The summed E-state index contributed by atoms with van der Waals surface area (Å²) in [4.78, 5) is 25.1. The SMILES string of the molecule is COc1ccc2c(c1)CCC1C2CC[C@]2(C)C(=O)CC(CCCCOC(=O)C(C)(C)C)C12. The number of methoxy groups -OCH3 is 1. The van der Waals surface area contributed by atoms with Crippen molar-refractivity contribution in [3.8, 4) is 5.75 Å². The van der Waals surface area contributed by atoms with Crippen LogP contribution in [0.3, 0.4) is 0 Å². The Morgan fingerprint density at radius 1 is 1.19 bits per heavy atom. The molecule has 5 atom stereocenters. The fourth-order valence-corrected chi connectivity index (χ4v) is 6.90. The van der Waals surface area contributed by atoms with Gasteiger partial charge >= 0.3 is 5.97 Å². The molecule has 0 radical (unpaired) electrons. The van der Waals surface area contributed by atoms with Crippen molar-refractivity contribution < 1.29 is 19.1 Å². The average Bonchev–Trinajstić information content (AvgIpc) is 3.02. The van der Waals surface area contributed by atoms with Gasteiger partial charge in [0.2, 0.25) is 0 Å². The summed E-state index contributed by atoms with van der Waals surface area (Å²) in [6, 6.07) is 6.60. The van der Waals surface area contributed by atoms with Crippen molar-refractivity contribution in [3.05, 3.63) is 29.3 Å². The van der Waals surface area contributed by atoms with Crippen LogP contribution in [0.2, 0.25) is 0 Å². The van der Waals surface area contributed by atoms with Crippen LogP contribution < -0.4 is 4.74 Å². The molecule has 0 N–H and O–H groups in total. The molecule has 1 aromatic rings. The molecule has 0 spiro atoms. The maximum Gasteiger partial charge on any atom is 0.311 e. The molecule has 4 heteroatoms. The van der Waals surface area contributed by atoms with Gasteiger partial charge in [-0.25, -0.2) is 0 Å². The summed E-state index contributed by atoms with van der Waals surface area (Å²) in [7, 11) is 1.73. The molecule has 0 heterocycles. The number of carbonyl (C=O) groups is 2. The van der Waals surface area contributed by atoms with E-state index in [1.165, 1.54) is 17.5 Å². The van der Waals surface area contributed by atoms with Crippen molar-refractivity contribution in [1.29, 1.82) is 0 Å². The fourth-order valence-electron chi connectivity index (χ4n) is 6.90. The first-order valence-electron chi connectivity index (χ1n) is 12.5. The van der Waals surface area contributed by atoms with E-state index in [2.05, 4.69) is 25.1 Å². The van der Waals surface area contributed by atoms with Crippen LogP contribution in [0.1, 0.15) is 89.7 Å². The fraction of sp³-hybridized carbons (Fsp3) is 0.714. The van der Waals surface area contributed by atoms with Gasteiger partial charge in [0.05, 0.1) is 19.1 Å². The highest BCUT2D eigenvalue weighted by Crippen LogP contribution is 2.62. The molecule has 3 aliphatic carbocycles. The molecule has 2 fully saturated rings. The highest BCUT2D eigenvalue weighted by molar-refractivity contribution is 5.87. The second-order valence-electron chi connectivity index (χ2n) is 11.6. The van der Waals surface area contributed by atoms with Gasteiger partial charge in [-0.1, -0.05) is 13.0 Å². The van der Waals surface area contributed by atoms with E-state index in [4.69, 9.17) is 9.47 Å². The smallest absolute Gasteiger partial charge is 0.311 e. The summed E-state index contributed by atoms with van der Waals surface area (Å²) in [6.07, 6.45) is 8.11. The Morgan fingerprint density at radius 3 is 2.69 bits per heavy atom. The summed E-state index contributed by atoms with van der Waals surface area (Å²) in [5.41, 5.74) is 2.35. The zero-order valence-electron chi connectivity index (χ0n) is 20.5. The van der Waals surface area contributed by atoms with Crippen molar-refractivity contribution in [3.63, 3.8) is 0 Å². The number of hydrogen-bond donors (Lipinski definition) is 0. The van der Waals surface area contributed by atoms with Gasteiger partial charge in [0.15, 0.2) is 0 Å². The van der Waals surface area contributed by atoms with Crippen molar-refractivity contribution in [2.45, 2.75) is 85.0 Å². The quantitative estimate of drug-likeness (QED) is 0.396. The van der Waals surface area contributed by atoms with Crippen LogP contribution in [0.25, 0.3) is 0 Å². The maximum absolute atomic E-state index is 13.1. The van der Waals surface area contributed by atoms with E-state index >= 15 is 0 Å². The highest BCUT2D eigenvalue weighted by atomic mass is 16.5. The molecule has 1 aromatic carbocycles. The number of benzene rings is 1. The molecule has 4 nitrogen and oxygen atoms in total. The number of Topliss-reactive ketones (excluding diaryl/α,β-unsaturated/α-hetero) is 1. The van der Waals surface area contributed by atoms with Gasteiger partial charge in [-0.05, 0) is 113 Å². The standard InChI is InChI=1S/C28H40O4/c1-27(2,3)26(30)32-15-7-6-8-19-17-24(29)28(4)14-13-22-21-12-10-20(31-5)16-18(21)9-11-23(22)25(19)28/h10,12,16,19,22-23,25H,6-9,11,13-15,17H2,1-5H3/t19?,22?,23?,25?,28-/m1/s1. The van der Waals surface area contributed by atoms with Gasteiger partial charge in [0.1, 0.15) is 11.5 Å². The number of ether oxygens (including phenoxy) is 2. The Bertz CT molecular complexity index is 867. The Hall–Kier alpha value is -1.84. The molecule has 4 unspecified atom stereocenters. The predicted octanol–water partition coefficient (Wildman–Crippen LogP) is 6.11. The third-order valence-electron chi connectivity index (χ3n) is 8.59. The Balaban J connectivity index is 1.42. The molecule has 0 saturated heterocycles. The van der Waals surface area contributed by atoms with Crippen LogP contribution in [-0.2, 0) is 20.7 Å². The lowest BCUT2D eigenvalue weighted by molar-refractivity contribution is -0.153. The Labute approximate surface area is 193 Å². The lowest BCUT2D eigenvalue weighted by Crippen LogP contribution is -2.44. The van der Waals surface area contributed by atoms with E-state index in [-0.39, 0.29) is 11.4 Å². The number of aryl methyl sites for hydroxylation is 1. The molecular formula is C28H40O4. The number of ketones is 1. The van der Waals surface area contributed by atoms with Crippen LogP contribution >= 0.6 is 0 Å². The van der Waals surface area contributed by atoms with Gasteiger partial charge in [0, 0.05) is 11.8 Å². The van der Waals surface area contributed by atoms with Crippen LogP contribution in [0.5, 0.6) is 5.75 Å². The van der Waals surface area contributed by atoms with Gasteiger partial charge < -0.3 is 9.47 Å². The summed E-state index contributed by atoms with van der Waals surface area (Å²) in [5.74, 6) is 3.44. The third-order valence-corrected chi connectivity index (χ3v) is 8.59. The van der Waals surface area contributed by atoms with Crippen molar-refractivity contribution >= 4 is 11.8 Å². The summed E-state index contributed by atoms with van der Waals surface area (Å²) >= 11 is 0. The van der Waals surface area contributed by atoms with Crippen molar-refractivity contribution in [1.82, 2.24) is 0 Å². The van der Waals surface area contributed by atoms with Crippen molar-refractivity contribution in [2.24, 2.45) is 28.6 Å². The van der Waals surface area contributed by atoms with Crippen LogP contribution in [0, 0.1) is 28.6 Å². The summed E-state index contributed by atoms with van der Waals surface area (Å²) in [6.45, 7) is 8.40. The van der Waals surface area contributed by atoms with Crippen LogP contribution in [0.15, 0.2) is 18.2 Å². The molecule has 0 aromatic heterocycles. The van der Waals surface area contributed by atoms with Gasteiger partial charge in [-0.15, -0.1) is 0 Å². The maximum atomic E-state index is 13.1. The molecule has 0 aliphatic heterocycles. The molecule has 0 amide bonds. The Kier molecular flexibility index (Phi) is 6.44. The molecule has 3 aliphatic rings. The van der Waals surface area contributed by atoms with Gasteiger partial charge in [0.25, 0.3) is 0 Å². The monoisotopic (exact) mass is 440 g/mol. The minimum atomic E-state index is -0.446. The zero-order valence-corrected chi connectivity index (χ0v) is 20.5. The van der Waals surface area contributed by atoms with Gasteiger partial charge in [-0.3, -0.25) is 9.59 Å². The largest absolute Gasteiger partial charge is 0.497 e. The molecule has 32 heavy (non-hydrogen) atoms. The number of unbranched alkanes of at least 4 members (excludes halogenated alkanes) is 1. The van der Waals surface area contributed by atoms with E-state index in [1.54, 1.807) is 7.11 Å². The number of carbonyl (C=O) groups excluding carboxylic acids is 2. The van der Waals surface area contributed by atoms with E-state index in [1.807, 2.05) is 20.8 Å². The lowest BCUT2D eigenvalue weighted by atomic mass is 9.54. The number of rotatable bonds is 6. The average molecular weight is 441 g/mol. The molecule has 2 saturated carbocycles. The topological polar surface area (TPSA) is 52.6 Å². The van der Waals surface area contributed by atoms with Crippen LogP contribution in [-0.4, -0.2) is 25.5 Å². The van der Waals surface area contributed by atoms with Crippen LogP contribution in [0.4, 0.5) is 0 Å². The van der Waals surface area contributed by atoms with Gasteiger partial charge in [-0.2, -0.15) is 0 Å². The first-order valence-corrected chi connectivity index (χ1v) is 12.5. The summed E-state index contributed by atoms with van der Waals surface area (Å²) in [5, 5.41) is 0. The van der Waals surface area contributed by atoms with E-state index in [0.717, 1.165) is 50.7 Å². The molecular weight excluding hydrogens is 400 g/mol. The third kappa shape index (κ3) is 4.22. The van der Waals surface area contributed by atoms with E-state index in [9.17, 15) is 9.59 Å². The normalized spacial score (nSPS) is 31.5.